The summed E-state index contributed by atoms with van der Waals surface area (Å²) in [6, 6.07) is 14.7. The number of fused-ring (bicyclic) bond motifs is 1. The lowest BCUT2D eigenvalue weighted by Gasteiger charge is -2.11. The van der Waals surface area contributed by atoms with Crippen LogP contribution in [0.2, 0.25) is 0 Å². The summed E-state index contributed by atoms with van der Waals surface area (Å²) in [5, 5.41) is 3.33. The summed E-state index contributed by atoms with van der Waals surface area (Å²) >= 11 is 1.38. The van der Waals surface area contributed by atoms with Crippen molar-refractivity contribution >= 4 is 34.7 Å². The van der Waals surface area contributed by atoms with E-state index in [9.17, 15) is 9.59 Å². The van der Waals surface area contributed by atoms with E-state index >= 15 is 0 Å². The molecule has 0 aliphatic rings. The Kier molecular flexibility index (Phi) is 5.58. The molecule has 0 aliphatic heterocycles. The third-order valence-corrected chi connectivity index (χ3v) is 4.85. The van der Waals surface area contributed by atoms with E-state index in [0.29, 0.717) is 12.1 Å². The highest BCUT2D eigenvalue weighted by Gasteiger charge is 2.16. The highest BCUT2D eigenvalue weighted by atomic mass is 32.2. The Morgan fingerprint density at radius 3 is 2.62 bits per heavy atom. The van der Waals surface area contributed by atoms with Crippen molar-refractivity contribution < 1.29 is 14.3 Å². The fourth-order valence-electron chi connectivity index (χ4n) is 2.42. The lowest BCUT2D eigenvalue weighted by molar-refractivity contribution is -0.120. The molecule has 2 aromatic carbocycles. The predicted octanol–water partition coefficient (Wildman–Crippen LogP) is 3.15. The number of aromatic amines is 1. The summed E-state index contributed by atoms with van der Waals surface area (Å²) in [5.41, 5.74) is 3.23. The van der Waals surface area contributed by atoms with E-state index in [-0.39, 0.29) is 17.1 Å². The molecule has 0 saturated heterocycles. The van der Waals surface area contributed by atoms with E-state index in [1.165, 1.54) is 18.9 Å². The molecule has 1 atom stereocenters. The molecule has 3 aromatic rings. The zero-order chi connectivity index (χ0) is 18.5. The summed E-state index contributed by atoms with van der Waals surface area (Å²) in [7, 11) is 1.34. The van der Waals surface area contributed by atoms with Gasteiger partial charge in [-0.2, -0.15) is 0 Å². The van der Waals surface area contributed by atoms with Crippen LogP contribution in [0.25, 0.3) is 11.0 Å². The summed E-state index contributed by atoms with van der Waals surface area (Å²) in [6.07, 6.45) is 0. The number of hydrogen-bond donors (Lipinski definition) is 2. The number of thioether (sulfide) groups is 1. The fraction of sp³-hybridized carbons (Fsp3) is 0.211. The van der Waals surface area contributed by atoms with Crippen molar-refractivity contribution in [1.82, 2.24) is 15.3 Å². The first-order valence-electron chi connectivity index (χ1n) is 8.13. The van der Waals surface area contributed by atoms with Crippen LogP contribution in [0.15, 0.2) is 53.7 Å². The average molecular weight is 369 g/mol. The van der Waals surface area contributed by atoms with Gasteiger partial charge in [0.15, 0.2) is 5.16 Å². The first-order chi connectivity index (χ1) is 12.6. The van der Waals surface area contributed by atoms with E-state index < -0.39 is 0 Å². The molecule has 2 N–H and O–H groups in total. The second-order valence-electron chi connectivity index (χ2n) is 5.73. The number of hydrogen-bond acceptors (Lipinski definition) is 5. The molecule has 1 amide bonds. The zero-order valence-corrected chi connectivity index (χ0v) is 15.3. The maximum atomic E-state index is 12.3. The molecule has 1 heterocycles. The number of carbonyl (C=O) groups is 2. The number of ether oxygens (including phenoxy) is 1. The van der Waals surface area contributed by atoms with Crippen molar-refractivity contribution in [1.29, 1.82) is 0 Å². The van der Waals surface area contributed by atoms with Gasteiger partial charge in [0.1, 0.15) is 0 Å². The number of methoxy groups -OCH3 is 1. The maximum absolute atomic E-state index is 12.3. The Labute approximate surface area is 155 Å². The predicted molar refractivity (Wildman–Crippen MR) is 101 cm³/mol. The molecule has 6 nitrogen and oxygen atoms in total. The van der Waals surface area contributed by atoms with E-state index in [1.54, 1.807) is 24.3 Å². The second-order valence-corrected chi connectivity index (χ2v) is 7.06. The molecular formula is C19H19N3O3S. The monoisotopic (exact) mass is 369 g/mol. The third-order valence-electron chi connectivity index (χ3n) is 3.87. The SMILES string of the molecule is COC(=O)c1ccc(CNC(=O)C(C)Sc2nc3ccccc3[nH]2)cc1. The van der Waals surface area contributed by atoms with Gasteiger partial charge in [-0.15, -0.1) is 0 Å². The van der Waals surface area contributed by atoms with E-state index in [1.807, 2.05) is 31.2 Å². The summed E-state index contributed by atoms with van der Waals surface area (Å²) in [5.74, 6) is -0.455. The van der Waals surface area contributed by atoms with Crippen LogP contribution >= 0.6 is 11.8 Å². The van der Waals surface area contributed by atoms with Crippen molar-refractivity contribution in [2.75, 3.05) is 7.11 Å². The molecule has 0 bridgehead atoms. The number of imidazole rings is 1. The van der Waals surface area contributed by atoms with Gasteiger partial charge in [0.25, 0.3) is 0 Å². The number of nitrogens with one attached hydrogen (secondary N) is 2. The molecule has 0 fully saturated rings. The minimum atomic E-state index is -0.378. The Hall–Kier alpha value is -2.80. The van der Waals surface area contributed by atoms with E-state index in [2.05, 4.69) is 20.0 Å². The van der Waals surface area contributed by atoms with Crippen LogP contribution in [0.3, 0.4) is 0 Å². The van der Waals surface area contributed by atoms with Crippen LogP contribution in [0.5, 0.6) is 0 Å². The van der Waals surface area contributed by atoms with Crippen LogP contribution in [0, 0.1) is 0 Å². The minimum absolute atomic E-state index is 0.0764. The number of esters is 1. The summed E-state index contributed by atoms with van der Waals surface area (Å²) < 4.78 is 4.66. The molecule has 0 saturated carbocycles. The summed E-state index contributed by atoms with van der Waals surface area (Å²) in [6.45, 7) is 2.23. The van der Waals surface area contributed by atoms with Gasteiger partial charge in [0.05, 0.1) is 29.0 Å². The van der Waals surface area contributed by atoms with Gasteiger partial charge in [-0.05, 0) is 36.8 Å². The summed E-state index contributed by atoms with van der Waals surface area (Å²) in [4.78, 5) is 31.4. The largest absolute Gasteiger partial charge is 0.465 e. The van der Waals surface area contributed by atoms with Crippen LogP contribution in [-0.4, -0.2) is 34.2 Å². The van der Waals surface area contributed by atoms with E-state index in [0.717, 1.165) is 21.8 Å². The number of rotatable bonds is 6. The number of aromatic nitrogens is 2. The molecule has 0 radical (unpaired) electrons. The molecule has 134 valence electrons. The molecule has 0 aliphatic carbocycles. The van der Waals surface area contributed by atoms with Crippen molar-refractivity contribution in [3.8, 4) is 0 Å². The average Bonchev–Trinajstić information content (AvgIpc) is 3.08. The van der Waals surface area contributed by atoms with Crippen LogP contribution < -0.4 is 5.32 Å². The standard InChI is InChI=1S/C19H19N3O3S/c1-12(26-19-21-15-5-3-4-6-16(15)22-19)17(23)20-11-13-7-9-14(10-8-13)18(24)25-2/h3-10,12H,11H2,1-2H3,(H,20,23)(H,21,22). The van der Waals surface area contributed by atoms with Crippen LogP contribution in [0.4, 0.5) is 0 Å². The topological polar surface area (TPSA) is 84.1 Å². The normalized spacial score (nSPS) is 11.9. The molecule has 1 aromatic heterocycles. The fourth-order valence-corrected chi connectivity index (χ4v) is 3.26. The third kappa shape index (κ3) is 4.23. The van der Waals surface area contributed by atoms with Gasteiger partial charge < -0.3 is 15.0 Å². The van der Waals surface area contributed by atoms with Crippen LogP contribution in [0.1, 0.15) is 22.8 Å². The Balaban J connectivity index is 1.54. The number of amides is 1. The quantitative estimate of drug-likeness (QED) is 0.515. The first-order valence-corrected chi connectivity index (χ1v) is 9.01. The molecule has 1 unspecified atom stereocenters. The van der Waals surface area contributed by atoms with Gasteiger partial charge in [-0.25, -0.2) is 9.78 Å². The van der Waals surface area contributed by atoms with Gasteiger partial charge in [-0.3, -0.25) is 4.79 Å². The van der Waals surface area contributed by atoms with Crippen molar-refractivity contribution in [3.05, 3.63) is 59.7 Å². The Morgan fingerprint density at radius 1 is 1.19 bits per heavy atom. The highest BCUT2D eigenvalue weighted by molar-refractivity contribution is 8.00. The molecule has 0 spiro atoms. The second kappa shape index (κ2) is 8.05. The molecule has 3 rings (SSSR count). The molecule has 26 heavy (non-hydrogen) atoms. The number of para-hydroxylation sites is 2. The van der Waals surface area contributed by atoms with Crippen LogP contribution in [-0.2, 0) is 16.1 Å². The smallest absolute Gasteiger partial charge is 0.337 e. The molecular weight excluding hydrogens is 350 g/mol. The van der Waals surface area contributed by atoms with Crippen molar-refractivity contribution in [2.45, 2.75) is 23.9 Å². The Morgan fingerprint density at radius 2 is 1.92 bits per heavy atom. The van der Waals surface area contributed by atoms with Crippen molar-refractivity contribution in [2.24, 2.45) is 0 Å². The van der Waals surface area contributed by atoms with Gasteiger partial charge in [0, 0.05) is 6.54 Å². The van der Waals surface area contributed by atoms with Crippen molar-refractivity contribution in [3.63, 3.8) is 0 Å². The number of H-pyrrole nitrogens is 1. The number of benzene rings is 2. The first kappa shape index (κ1) is 18.0. The minimum Gasteiger partial charge on any atom is -0.465 e. The zero-order valence-electron chi connectivity index (χ0n) is 14.5. The lowest BCUT2D eigenvalue weighted by atomic mass is 10.1. The maximum Gasteiger partial charge on any atom is 0.337 e. The number of nitrogens with zero attached hydrogens (tertiary/aromatic N) is 1. The number of carbonyl (C=O) groups excluding carboxylic acids is 2. The Bertz CT molecular complexity index is 888. The van der Waals surface area contributed by atoms with Gasteiger partial charge in [-0.1, -0.05) is 36.0 Å². The lowest BCUT2D eigenvalue weighted by Crippen LogP contribution is -2.30. The highest BCUT2D eigenvalue weighted by Crippen LogP contribution is 2.23. The van der Waals surface area contributed by atoms with Gasteiger partial charge >= 0.3 is 5.97 Å². The van der Waals surface area contributed by atoms with Gasteiger partial charge in [0.2, 0.25) is 5.91 Å². The van der Waals surface area contributed by atoms with E-state index in [4.69, 9.17) is 0 Å². The molecule has 7 heteroatoms.